The molecular formula is C23H26F4. The van der Waals surface area contributed by atoms with Gasteiger partial charge in [-0.2, -0.15) is 0 Å². The Hall–Kier alpha value is -1.84. The first-order valence-electron chi connectivity index (χ1n) is 9.94. The molecule has 0 radical (unpaired) electrons. The number of hydrogen-bond acceptors (Lipinski definition) is 0. The molecule has 0 unspecified atom stereocenters. The highest BCUT2D eigenvalue weighted by molar-refractivity contribution is 5.65. The Morgan fingerprint density at radius 1 is 0.741 bits per heavy atom. The summed E-state index contributed by atoms with van der Waals surface area (Å²) in [6.45, 7) is 2.21. The van der Waals surface area contributed by atoms with Crippen LogP contribution < -0.4 is 0 Å². The summed E-state index contributed by atoms with van der Waals surface area (Å²) in [5.41, 5.74) is 0.618. The molecule has 4 heteroatoms. The molecule has 0 nitrogen and oxygen atoms in total. The van der Waals surface area contributed by atoms with E-state index in [1.165, 1.54) is 37.8 Å². The number of halogens is 4. The molecule has 0 atom stereocenters. The Kier molecular flexibility index (Phi) is 6.56. The van der Waals surface area contributed by atoms with E-state index in [-0.39, 0.29) is 11.1 Å². The lowest BCUT2D eigenvalue weighted by atomic mass is 9.77. The molecule has 0 N–H and O–H groups in total. The van der Waals surface area contributed by atoms with Crippen LogP contribution in [0.3, 0.4) is 0 Å². The summed E-state index contributed by atoms with van der Waals surface area (Å²) >= 11 is 0. The van der Waals surface area contributed by atoms with Crippen LogP contribution in [0.25, 0.3) is 11.1 Å². The maximum absolute atomic E-state index is 14.6. The highest BCUT2D eigenvalue weighted by Gasteiger charge is 2.23. The van der Waals surface area contributed by atoms with Crippen molar-refractivity contribution in [3.8, 4) is 11.1 Å². The molecule has 3 rings (SSSR count). The third kappa shape index (κ3) is 4.72. The van der Waals surface area contributed by atoms with E-state index in [2.05, 4.69) is 6.92 Å². The molecule has 0 aromatic heterocycles. The summed E-state index contributed by atoms with van der Waals surface area (Å²) in [7, 11) is 0. The molecule has 0 amide bonds. The van der Waals surface area contributed by atoms with Crippen LogP contribution in [-0.2, 0) is 0 Å². The molecule has 1 aliphatic rings. The molecule has 0 heterocycles. The van der Waals surface area contributed by atoms with E-state index in [1.807, 2.05) is 0 Å². The largest absolute Gasteiger partial charge is 0.206 e. The summed E-state index contributed by atoms with van der Waals surface area (Å²) in [4.78, 5) is 0. The van der Waals surface area contributed by atoms with Gasteiger partial charge in [0, 0.05) is 17.2 Å². The minimum atomic E-state index is -1.27. The second kappa shape index (κ2) is 8.90. The molecule has 0 spiro atoms. The summed E-state index contributed by atoms with van der Waals surface area (Å²) in [6.07, 6.45) is 9.49. The van der Waals surface area contributed by atoms with Crippen LogP contribution >= 0.6 is 0 Å². The van der Waals surface area contributed by atoms with Crippen molar-refractivity contribution in [2.75, 3.05) is 0 Å². The molecule has 0 aliphatic heterocycles. The van der Waals surface area contributed by atoms with E-state index < -0.39 is 23.3 Å². The van der Waals surface area contributed by atoms with Crippen LogP contribution in [-0.4, -0.2) is 0 Å². The van der Waals surface area contributed by atoms with Crippen LogP contribution in [0, 0.1) is 29.2 Å². The minimum Gasteiger partial charge on any atom is -0.206 e. The van der Waals surface area contributed by atoms with E-state index in [9.17, 15) is 17.6 Å². The predicted octanol–water partition coefficient (Wildman–Crippen LogP) is 7.76. The maximum Gasteiger partial charge on any atom is 0.161 e. The Morgan fingerprint density at radius 2 is 1.41 bits per heavy atom. The molecule has 2 aromatic rings. The van der Waals surface area contributed by atoms with Crippen LogP contribution in [0.15, 0.2) is 30.3 Å². The van der Waals surface area contributed by atoms with Gasteiger partial charge in [-0.25, -0.2) is 17.6 Å². The average Bonchev–Trinajstić information content (AvgIpc) is 2.66. The van der Waals surface area contributed by atoms with Crippen molar-refractivity contribution >= 4 is 0 Å². The Balaban J connectivity index is 1.70. The summed E-state index contributed by atoms with van der Waals surface area (Å²) in [6, 6.07) is 5.87. The van der Waals surface area contributed by atoms with Crippen molar-refractivity contribution < 1.29 is 17.6 Å². The number of hydrogen-bond donors (Lipinski definition) is 0. The Morgan fingerprint density at radius 3 is 2.07 bits per heavy atom. The van der Waals surface area contributed by atoms with Crippen LogP contribution in [0.5, 0.6) is 0 Å². The number of rotatable bonds is 6. The van der Waals surface area contributed by atoms with Crippen molar-refractivity contribution in [3.63, 3.8) is 0 Å². The monoisotopic (exact) mass is 378 g/mol. The molecular weight excluding hydrogens is 352 g/mol. The van der Waals surface area contributed by atoms with Gasteiger partial charge in [-0.3, -0.25) is 0 Å². The van der Waals surface area contributed by atoms with Crippen molar-refractivity contribution in [3.05, 3.63) is 59.2 Å². The molecule has 0 bridgehead atoms. The van der Waals surface area contributed by atoms with Gasteiger partial charge in [0.05, 0.1) is 0 Å². The predicted molar refractivity (Wildman–Crippen MR) is 101 cm³/mol. The lowest BCUT2D eigenvalue weighted by Gasteiger charge is -2.29. The Bertz CT molecular complexity index is 776. The van der Waals surface area contributed by atoms with Crippen LogP contribution in [0.4, 0.5) is 17.6 Å². The highest BCUT2D eigenvalue weighted by atomic mass is 19.2. The molecule has 1 saturated carbocycles. The fraction of sp³-hybridized carbons (Fsp3) is 0.478. The lowest BCUT2D eigenvalue weighted by molar-refractivity contribution is 0.302. The van der Waals surface area contributed by atoms with Gasteiger partial charge in [0.15, 0.2) is 11.6 Å². The highest BCUT2D eigenvalue weighted by Crippen LogP contribution is 2.39. The van der Waals surface area contributed by atoms with Gasteiger partial charge in [0.1, 0.15) is 11.6 Å². The molecule has 2 aromatic carbocycles. The van der Waals surface area contributed by atoms with Crippen molar-refractivity contribution in [2.24, 2.45) is 5.92 Å². The van der Waals surface area contributed by atoms with E-state index in [4.69, 9.17) is 0 Å². The second-order valence-electron chi connectivity index (χ2n) is 7.70. The molecule has 146 valence electrons. The lowest BCUT2D eigenvalue weighted by Crippen LogP contribution is -2.13. The van der Waals surface area contributed by atoms with Crippen molar-refractivity contribution in [1.29, 1.82) is 0 Å². The third-order valence-electron chi connectivity index (χ3n) is 5.83. The minimum absolute atomic E-state index is 0.0385. The van der Waals surface area contributed by atoms with Gasteiger partial charge in [-0.1, -0.05) is 44.7 Å². The van der Waals surface area contributed by atoms with Crippen LogP contribution in [0.1, 0.15) is 69.8 Å². The quantitative estimate of drug-likeness (QED) is 0.274. The second-order valence-corrected chi connectivity index (χ2v) is 7.70. The van der Waals surface area contributed by atoms with Gasteiger partial charge < -0.3 is 0 Å². The van der Waals surface area contributed by atoms with Gasteiger partial charge in [-0.05, 0) is 55.2 Å². The fourth-order valence-corrected chi connectivity index (χ4v) is 4.20. The van der Waals surface area contributed by atoms with Crippen molar-refractivity contribution in [2.45, 2.75) is 64.2 Å². The summed E-state index contributed by atoms with van der Waals surface area (Å²) < 4.78 is 55.1. The summed E-state index contributed by atoms with van der Waals surface area (Å²) in [5.74, 6) is -2.94. The van der Waals surface area contributed by atoms with E-state index in [0.717, 1.165) is 37.2 Å². The van der Waals surface area contributed by atoms with Gasteiger partial charge in [0.25, 0.3) is 0 Å². The first-order chi connectivity index (χ1) is 13.0. The van der Waals surface area contributed by atoms with Crippen molar-refractivity contribution in [1.82, 2.24) is 0 Å². The molecule has 27 heavy (non-hydrogen) atoms. The van der Waals surface area contributed by atoms with E-state index in [1.54, 1.807) is 6.07 Å². The zero-order valence-electron chi connectivity index (χ0n) is 15.7. The van der Waals surface area contributed by atoms with Gasteiger partial charge >= 0.3 is 0 Å². The average molecular weight is 378 g/mol. The fourth-order valence-electron chi connectivity index (χ4n) is 4.20. The number of unbranched alkanes of at least 4 members (excludes halogenated alkanes) is 2. The zero-order valence-corrected chi connectivity index (χ0v) is 15.7. The summed E-state index contributed by atoms with van der Waals surface area (Å²) in [5, 5.41) is 0. The molecule has 0 saturated heterocycles. The Labute approximate surface area is 158 Å². The third-order valence-corrected chi connectivity index (χ3v) is 5.83. The zero-order chi connectivity index (χ0) is 19.4. The number of benzene rings is 2. The van der Waals surface area contributed by atoms with Gasteiger partial charge in [0.2, 0.25) is 0 Å². The van der Waals surface area contributed by atoms with Crippen LogP contribution in [0.2, 0.25) is 0 Å². The topological polar surface area (TPSA) is 0 Å². The first kappa shape index (κ1) is 19.9. The first-order valence-corrected chi connectivity index (χ1v) is 9.94. The van der Waals surface area contributed by atoms with E-state index in [0.29, 0.717) is 18.1 Å². The smallest absolute Gasteiger partial charge is 0.161 e. The maximum atomic E-state index is 14.6. The molecule has 1 fully saturated rings. The standard InChI is InChI=1S/C23H26F4/c1-2-3-4-5-15-6-8-16(9-7-15)17-10-11-18(20(24)12-17)19-13-22(26)23(27)14-21(19)25/h10-16H,2-9H2,1H3. The van der Waals surface area contributed by atoms with E-state index >= 15 is 0 Å². The normalized spacial score (nSPS) is 20.0. The SMILES string of the molecule is CCCCCC1CCC(c2ccc(-c3cc(F)c(F)cc3F)c(F)c2)CC1. The van der Waals surface area contributed by atoms with Gasteiger partial charge in [-0.15, -0.1) is 0 Å². The molecule has 1 aliphatic carbocycles.